The number of nitrogen functional groups attached to an aromatic ring is 1. The molecule has 106 valence electrons. The van der Waals surface area contributed by atoms with Crippen molar-refractivity contribution in [3.8, 4) is 0 Å². The molecule has 2 aromatic rings. The Bertz CT molecular complexity index is 721. The maximum Gasteiger partial charge on any atom is 0.195 e. The number of allylic oxidation sites excluding steroid dienone is 1. The fraction of sp³-hybridized carbons (Fsp3) is 0. The summed E-state index contributed by atoms with van der Waals surface area (Å²) in [5.41, 5.74) is 13.3. The van der Waals surface area contributed by atoms with E-state index in [9.17, 15) is 9.18 Å². The standard InChI is InChI=1S/C16H14FN3O/c17-13-4-1-10(2-5-13)16(21)14-7-11(3-6-15(14)20)12(8-18)9-19/h1-9,18H,19-20H2. The lowest BCUT2D eigenvalue weighted by Crippen LogP contribution is -2.06. The highest BCUT2D eigenvalue weighted by Crippen LogP contribution is 2.22. The molecule has 0 saturated heterocycles. The van der Waals surface area contributed by atoms with Crippen molar-refractivity contribution in [2.75, 3.05) is 5.73 Å². The van der Waals surface area contributed by atoms with Gasteiger partial charge in [-0.2, -0.15) is 0 Å². The summed E-state index contributed by atoms with van der Waals surface area (Å²) in [6.45, 7) is 0. The molecule has 0 aliphatic rings. The van der Waals surface area contributed by atoms with Crippen molar-refractivity contribution >= 4 is 23.3 Å². The van der Waals surface area contributed by atoms with Gasteiger partial charge in [-0.1, -0.05) is 6.07 Å². The highest BCUT2D eigenvalue weighted by Gasteiger charge is 2.14. The Morgan fingerprint density at radius 1 is 1.10 bits per heavy atom. The lowest BCUT2D eigenvalue weighted by Gasteiger charge is -2.08. The minimum absolute atomic E-state index is 0.292. The van der Waals surface area contributed by atoms with Gasteiger partial charge in [0.1, 0.15) is 5.82 Å². The molecule has 0 aliphatic carbocycles. The van der Waals surface area contributed by atoms with Crippen LogP contribution in [-0.4, -0.2) is 12.0 Å². The van der Waals surface area contributed by atoms with Gasteiger partial charge in [0.25, 0.3) is 0 Å². The van der Waals surface area contributed by atoms with Gasteiger partial charge < -0.3 is 16.9 Å². The van der Waals surface area contributed by atoms with E-state index >= 15 is 0 Å². The molecule has 0 unspecified atom stereocenters. The van der Waals surface area contributed by atoms with Crippen LogP contribution in [0.5, 0.6) is 0 Å². The minimum atomic E-state index is -0.412. The van der Waals surface area contributed by atoms with Gasteiger partial charge in [-0.3, -0.25) is 4.79 Å². The van der Waals surface area contributed by atoms with E-state index in [1.807, 2.05) is 0 Å². The number of hydrogen-bond donors (Lipinski definition) is 3. The number of halogens is 1. The molecule has 0 fully saturated rings. The summed E-state index contributed by atoms with van der Waals surface area (Å²) < 4.78 is 12.9. The van der Waals surface area contributed by atoms with Crippen LogP contribution in [0.1, 0.15) is 21.5 Å². The number of nitrogens with one attached hydrogen (secondary N) is 1. The van der Waals surface area contributed by atoms with Crippen LogP contribution >= 0.6 is 0 Å². The zero-order valence-electron chi connectivity index (χ0n) is 11.1. The Kier molecular flexibility index (Phi) is 4.13. The zero-order valence-corrected chi connectivity index (χ0v) is 11.1. The van der Waals surface area contributed by atoms with Crippen LogP contribution in [0, 0.1) is 11.2 Å². The van der Waals surface area contributed by atoms with E-state index in [0.717, 1.165) is 6.21 Å². The summed E-state index contributed by atoms with van der Waals surface area (Å²) in [4.78, 5) is 12.4. The van der Waals surface area contributed by atoms with Crippen LogP contribution in [0.3, 0.4) is 0 Å². The Labute approximate surface area is 121 Å². The third kappa shape index (κ3) is 2.97. The molecule has 5 N–H and O–H groups in total. The second-order valence-electron chi connectivity index (χ2n) is 4.40. The number of nitrogens with two attached hydrogens (primary N) is 2. The summed E-state index contributed by atoms with van der Waals surface area (Å²) >= 11 is 0. The van der Waals surface area contributed by atoms with Crippen molar-refractivity contribution in [2.24, 2.45) is 5.73 Å². The average Bonchev–Trinajstić information content (AvgIpc) is 2.50. The molecule has 0 atom stereocenters. The summed E-state index contributed by atoms with van der Waals surface area (Å²) in [5.74, 6) is -0.721. The number of hydrogen-bond acceptors (Lipinski definition) is 4. The van der Waals surface area contributed by atoms with E-state index in [2.05, 4.69) is 0 Å². The van der Waals surface area contributed by atoms with Gasteiger partial charge in [0.05, 0.1) is 0 Å². The fourth-order valence-corrected chi connectivity index (χ4v) is 1.92. The van der Waals surface area contributed by atoms with Gasteiger partial charge in [-0.15, -0.1) is 0 Å². The van der Waals surface area contributed by atoms with E-state index < -0.39 is 5.82 Å². The predicted molar refractivity (Wildman–Crippen MR) is 81.6 cm³/mol. The first-order valence-corrected chi connectivity index (χ1v) is 6.19. The molecule has 2 aromatic carbocycles. The molecule has 0 aromatic heterocycles. The van der Waals surface area contributed by atoms with Gasteiger partial charge in [0.15, 0.2) is 5.78 Å². The molecule has 0 heterocycles. The van der Waals surface area contributed by atoms with Gasteiger partial charge in [-0.25, -0.2) is 4.39 Å². The van der Waals surface area contributed by atoms with Crippen LogP contribution in [0.2, 0.25) is 0 Å². The van der Waals surface area contributed by atoms with Crippen molar-refractivity contribution in [1.29, 1.82) is 5.41 Å². The number of rotatable bonds is 4. The van der Waals surface area contributed by atoms with E-state index in [0.29, 0.717) is 28.0 Å². The highest BCUT2D eigenvalue weighted by molar-refractivity contribution is 6.14. The largest absolute Gasteiger partial charge is 0.404 e. The van der Waals surface area contributed by atoms with E-state index in [4.69, 9.17) is 16.9 Å². The van der Waals surface area contributed by atoms with Crippen molar-refractivity contribution in [3.05, 3.63) is 71.2 Å². The summed E-state index contributed by atoms with van der Waals surface area (Å²) in [7, 11) is 0. The minimum Gasteiger partial charge on any atom is -0.404 e. The molecule has 0 spiro atoms. The SMILES string of the molecule is N=CC(=CN)c1ccc(N)c(C(=O)c2ccc(F)cc2)c1. The van der Waals surface area contributed by atoms with E-state index in [1.165, 1.54) is 30.5 Å². The third-order valence-corrected chi connectivity index (χ3v) is 3.07. The lowest BCUT2D eigenvalue weighted by atomic mass is 9.97. The summed E-state index contributed by atoms with van der Waals surface area (Å²) in [6.07, 6.45) is 2.38. The van der Waals surface area contributed by atoms with E-state index in [-0.39, 0.29) is 5.78 Å². The maximum atomic E-state index is 12.9. The molecular weight excluding hydrogens is 269 g/mol. The number of anilines is 1. The van der Waals surface area contributed by atoms with Gasteiger partial charge in [0, 0.05) is 34.8 Å². The molecule has 0 saturated carbocycles. The predicted octanol–water partition coefficient (Wildman–Crippen LogP) is 2.59. The van der Waals surface area contributed by atoms with Crippen LogP contribution in [0.25, 0.3) is 5.57 Å². The average molecular weight is 283 g/mol. The summed E-state index contributed by atoms with van der Waals surface area (Å²) in [5, 5.41) is 7.29. The fourth-order valence-electron chi connectivity index (χ4n) is 1.92. The molecule has 21 heavy (non-hydrogen) atoms. The Morgan fingerprint density at radius 2 is 1.71 bits per heavy atom. The molecule has 4 nitrogen and oxygen atoms in total. The second kappa shape index (κ2) is 6.00. The van der Waals surface area contributed by atoms with Crippen LogP contribution < -0.4 is 11.5 Å². The molecular formula is C16H14FN3O. The van der Waals surface area contributed by atoms with Crippen LogP contribution in [-0.2, 0) is 0 Å². The normalized spacial score (nSPS) is 11.2. The second-order valence-corrected chi connectivity index (χ2v) is 4.40. The number of ketones is 1. The zero-order chi connectivity index (χ0) is 15.4. The van der Waals surface area contributed by atoms with Gasteiger partial charge in [-0.05, 0) is 42.0 Å². The van der Waals surface area contributed by atoms with E-state index in [1.54, 1.807) is 18.2 Å². The first-order chi connectivity index (χ1) is 10.1. The van der Waals surface area contributed by atoms with Gasteiger partial charge in [0.2, 0.25) is 0 Å². The third-order valence-electron chi connectivity index (χ3n) is 3.07. The topological polar surface area (TPSA) is 93.0 Å². The monoisotopic (exact) mass is 283 g/mol. The molecule has 5 heteroatoms. The molecule has 0 aliphatic heterocycles. The van der Waals surface area contributed by atoms with Gasteiger partial charge >= 0.3 is 0 Å². The molecule has 2 rings (SSSR count). The molecule has 0 radical (unpaired) electrons. The maximum absolute atomic E-state index is 12.9. The van der Waals surface area contributed by atoms with Crippen LogP contribution in [0.15, 0.2) is 48.7 Å². The molecule has 0 amide bonds. The number of benzene rings is 2. The smallest absolute Gasteiger partial charge is 0.195 e. The van der Waals surface area contributed by atoms with Crippen molar-refractivity contribution < 1.29 is 9.18 Å². The highest BCUT2D eigenvalue weighted by atomic mass is 19.1. The Morgan fingerprint density at radius 3 is 2.29 bits per heavy atom. The van der Waals surface area contributed by atoms with Crippen molar-refractivity contribution in [2.45, 2.75) is 0 Å². The first kappa shape index (κ1) is 14.5. The Hall–Kier alpha value is -2.95. The Balaban J connectivity index is 2.48. The number of carbonyl (C=O) groups is 1. The van der Waals surface area contributed by atoms with Crippen LogP contribution in [0.4, 0.5) is 10.1 Å². The lowest BCUT2D eigenvalue weighted by molar-refractivity contribution is 0.103. The van der Waals surface area contributed by atoms with Crippen molar-refractivity contribution in [3.63, 3.8) is 0 Å². The van der Waals surface area contributed by atoms with Crippen molar-refractivity contribution in [1.82, 2.24) is 0 Å². The first-order valence-electron chi connectivity index (χ1n) is 6.19. The number of carbonyl (C=O) groups excluding carboxylic acids is 1. The molecule has 0 bridgehead atoms. The quantitative estimate of drug-likeness (QED) is 0.457. The summed E-state index contributed by atoms with van der Waals surface area (Å²) in [6, 6.07) is 10.1.